The van der Waals surface area contributed by atoms with Crippen LogP contribution in [0.15, 0.2) is 4.99 Å². The van der Waals surface area contributed by atoms with Crippen molar-refractivity contribution in [3.05, 3.63) is 0 Å². The Morgan fingerprint density at radius 2 is 2.58 bits per heavy atom. The second-order valence-electron chi connectivity index (χ2n) is 2.98. The molecule has 12 heavy (non-hydrogen) atoms. The highest BCUT2D eigenvalue weighted by molar-refractivity contribution is 5.73. The van der Waals surface area contributed by atoms with E-state index in [9.17, 15) is 4.79 Å². The number of carbonyl (C=O) groups is 1. The van der Waals surface area contributed by atoms with Gasteiger partial charge in [0.05, 0.1) is 12.4 Å². The standard InChI is InChI=1S/C7H13N3O2/c1-4-6(10-3-9-4)2-5(8)7(11)12/h3-6H,2,8H2,1H3,(H,9,10)(H,11,12)/t4?,5-,6?/m1/s1. The Labute approximate surface area is 70.7 Å². The Bertz CT molecular complexity index is 205. The molecule has 0 aromatic rings. The average Bonchev–Trinajstić information content (AvgIpc) is 2.36. The molecule has 68 valence electrons. The number of aliphatic imine (C=N–C) groups is 1. The zero-order valence-electron chi connectivity index (χ0n) is 6.90. The van der Waals surface area contributed by atoms with Crippen LogP contribution in [0.1, 0.15) is 13.3 Å². The van der Waals surface area contributed by atoms with Gasteiger partial charge in [-0.15, -0.1) is 0 Å². The Morgan fingerprint density at radius 3 is 3.00 bits per heavy atom. The minimum atomic E-state index is -0.968. The maximum atomic E-state index is 10.4. The highest BCUT2D eigenvalue weighted by Crippen LogP contribution is 2.09. The first-order valence-corrected chi connectivity index (χ1v) is 3.87. The lowest BCUT2D eigenvalue weighted by molar-refractivity contribution is -0.138. The third kappa shape index (κ3) is 1.94. The van der Waals surface area contributed by atoms with Crippen LogP contribution in [0.25, 0.3) is 0 Å². The molecule has 0 saturated carbocycles. The van der Waals surface area contributed by atoms with Crippen LogP contribution in [-0.2, 0) is 4.79 Å². The van der Waals surface area contributed by atoms with Gasteiger partial charge in [-0.3, -0.25) is 9.79 Å². The van der Waals surface area contributed by atoms with Gasteiger partial charge in [-0.05, 0) is 13.3 Å². The zero-order valence-corrected chi connectivity index (χ0v) is 6.90. The van der Waals surface area contributed by atoms with Crippen LogP contribution in [0, 0.1) is 0 Å². The Kier molecular flexibility index (Phi) is 2.65. The molecule has 0 aliphatic carbocycles. The topological polar surface area (TPSA) is 87.7 Å². The summed E-state index contributed by atoms with van der Waals surface area (Å²) in [6, 6.07) is -0.624. The smallest absolute Gasteiger partial charge is 0.320 e. The van der Waals surface area contributed by atoms with Crippen molar-refractivity contribution < 1.29 is 9.90 Å². The van der Waals surface area contributed by atoms with E-state index in [0.29, 0.717) is 6.42 Å². The van der Waals surface area contributed by atoms with Gasteiger partial charge in [-0.1, -0.05) is 0 Å². The lowest BCUT2D eigenvalue weighted by atomic mass is 10.0. The van der Waals surface area contributed by atoms with Crippen molar-refractivity contribution in [3.63, 3.8) is 0 Å². The third-order valence-electron chi connectivity index (χ3n) is 1.99. The summed E-state index contributed by atoms with van der Waals surface area (Å²) in [5.74, 6) is -0.968. The maximum absolute atomic E-state index is 10.4. The summed E-state index contributed by atoms with van der Waals surface area (Å²) < 4.78 is 0. The van der Waals surface area contributed by atoms with E-state index < -0.39 is 12.0 Å². The van der Waals surface area contributed by atoms with Gasteiger partial charge in [-0.2, -0.15) is 0 Å². The number of hydrogen-bond acceptors (Lipinski definition) is 4. The molecular formula is C7H13N3O2. The minimum absolute atomic E-state index is 0.00361. The average molecular weight is 171 g/mol. The van der Waals surface area contributed by atoms with Crippen LogP contribution in [0.5, 0.6) is 0 Å². The second-order valence-corrected chi connectivity index (χ2v) is 2.98. The quantitative estimate of drug-likeness (QED) is 0.517. The SMILES string of the molecule is CC1NC=NC1C[C@@H](N)C(=O)O. The molecule has 0 fully saturated rings. The minimum Gasteiger partial charge on any atom is -0.480 e. The van der Waals surface area contributed by atoms with Gasteiger partial charge in [0.25, 0.3) is 0 Å². The molecular weight excluding hydrogens is 158 g/mol. The van der Waals surface area contributed by atoms with E-state index in [-0.39, 0.29) is 12.1 Å². The molecule has 5 heteroatoms. The first kappa shape index (κ1) is 8.99. The van der Waals surface area contributed by atoms with Crippen LogP contribution < -0.4 is 11.1 Å². The molecule has 4 N–H and O–H groups in total. The fourth-order valence-corrected chi connectivity index (χ4v) is 1.12. The van der Waals surface area contributed by atoms with E-state index in [1.165, 1.54) is 0 Å². The predicted molar refractivity (Wildman–Crippen MR) is 45.1 cm³/mol. The van der Waals surface area contributed by atoms with Gasteiger partial charge >= 0.3 is 5.97 Å². The summed E-state index contributed by atoms with van der Waals surface area (Å²) in [6.07, 6.45) is 1.99. The molecule has 0 aromatic carbocycles. The van der Waals surface area contributed by atoms with Gasteiger partial charge in [0.2, 0.25) is 0 Å². The normalized spacial score (nSPS) is 29.8. The van der Waals surface area contributed by atoms with Crippen molar-refractivity contribution in [2.45, 2.75) is 31.5 Å². The number of nitrogens with two attached hydrogens (primary N) is 1. The molecule has 1 heterocycles. The molecule has 0 amide bonds. The van der Waals surface area contributed by atoms with Crippen molar-refractivity contribution in [1.82, 2.24) is 5.32 Å². The summed E-state index contributed by atoms with van der Waals surface area (Å²) >= 11 is 0. The van der Waals surface area contributed by atoms with E-state index >= 15 is 0 Å². The van der Waals surface area contributed by atoms with Crippen molar-refractivity contribution in [3.8, 4) is 0 Å². The summed E-state index contributed by atoms with van der Waals surface area (Å²) in [7, 11) is 0. The van der Waals surface area contributed by atoms with Crippen LogP contribution in [-0.4, -0.2) is 35.5 Å². The molecule has 0 spiro atoms. The van der Waals surface area contributed by atoms with Crippen molar-refractivity contribution >= 4 is 12.3 Å². The zero-order chi connectivity index (χ0) is 9.14. The second kappa shape index (κ2) is 3.53. The molecule has 0 saturated heterocycles. The number of carboxylic acids is 1. The number of nitrogens with zero attached hydrogens (tertiary/aromatic N) is 1. The fraction of sp³-hybridized carbons (Fsp3) is 0.714. The molecule has 1 aliphatic heterocycles. The lowest BCUT2D eigenvalue weighted by Crippen LogP contribution is -2.38. The molecule has 2 unspecified atom stereocenters. The Balaban J connectivity index is 2.40. The van der Waals surface area contributed by atoms with Crippen LogP contribution in [0.4, 0.5) is 0 Å². The molecule has 5 nitrogen and oxygen atoms in total. The van der Waals surface area contributed by atoms with E-state index in [4.69, 9.17) is 10.8 Å². The monoisotopic (exact) mass is 171 g/mol. The lowest BCUT2D eigenvalue weighted by Gasteiger charge is -2.15. The van der Waals surface area contributed by atoms with E-state index in [1.54, 1.807) is 6.34 Å². The molecule has 1 rings (SSSR count). The summed E-state index contributed by atoms with van der Waals surface area (Å²) in [6.45, 7) is 1.95. The van der Waals surface area contributed by atoms with E-state index in [2.05, 4.69) is 10.3 Å². The van der Waals surface area contributed by atoms with E-state index in [1.807, 2.05) is 6.92 Å². The number of nitrogens with one attached hydrogen (secondary N) is 1. The molecule has 0 radical (unpaired) electrons. The number of rotatable bonds is 3. The van der Waals surface area contributed by atoms with E-state index in [0.717, 1.165) is 0 Å². The first-order valence-electron chi connectivity index (χ1n) is 3.87. The summed E-state index contributed by atoms with van der Waals surface area (Å²) in [5.41, 5.74) is 5.36. The summed E-state index contributed by atoms with van der Waals surface area (Å²) in [5, 5.41) is 11.5. The molecule has 0 bridgehead atoms. The third-order valence-corrected chi connectivity index (χ3v) is 1.99. The Hall–Kier alpha value is -1.10. The summed E-state index contributed by atoms with van der Waals surface area (Å²) in [4.78, 5) is 14.5. The fourth-order valence-electron chi connectivity index (χ4n) is 1.12. The molecule has 0 aromatic heterocycles. The van der Waals surface area contributed by atoms with Gasteiger partial charge in [0.1, 0.15) is 6.04 Å². The highest BCUT2D eigenvalue weighted by atomic mass is 16.4. The Morgan fingerprint density at radius 1 is 1.92 bits per heavy atom. The number of carboxylic acid groups (broad SMARTS) is 1. The van der Waals surface area contributed by atoms with Crippen LogP contribution in [0.2, 0.25) is 0 Å². The van der Waals surface area contributed by atoms with Gasteiger partial charge < -0.3 is 16.2 Å². The van der Waals surface area contributed by atoms with Crippen molar-refractivity contribution in [2.24, 2.45) is 10.7 Å². The number of aliphatic carboxylic acids is 1. The first-order chi connectivity index (χ1) is 5.61. The largest absolute Gasteiger partial charge is 0.480 e. The highest BCUT2D eigenvalue weighted by Gasteiger charge is 2.24. The van der Waals surface area contributed by atoms with Crippen molar-refractivity contribution in [2.75, 3.05) is 0 Å². The molecule has 3 atom stereocenters. The van der Waals surface area contributed by atoms with Crippen LogP contribution >= 0.6 is 0 Å². The van der Waals surface area contributed by atoms with Crippen molar-refractivity contribution in [1.29, 1.82) is 0 Å². The van der Waals surface area contributed by atoms with Gasteiger partial charge in [0, 0.05) is 6.04 Å². The predicted octanol–water partition coefficient (Wildman–Crippen LogP) is -0.823. The van der Waals surface area contributed by atoms with Gasteiger partial charge in [0.15, 0.2) is 0 Å². The van der Waals surface area contributed by atoms with Gasteiger partial charge in [-0.25, -0.2) is 0 Å². The number of hydrogen-bond donors (Lipinski definition) is 3. The molecule has 1 aliphatic rings. The maximum Gasteiger partial charge on any atom is 0.320 e. The van der Waals surface area contributed by atoms with Crippen LogP contribution in [0.3, 0.4) is 0 Å².